The SMILES string of the molecule is CCOC(=O)NNC(=O)C1CC2CCC1C2. The van der Waals surface area contributed by atoms with Crippen molar-refractivity contribution in [1.82, 2.24) is 10.9 Å². The minimum Gasteiger partial charge on any atom is -0.449 e. The van der Waals surface area contributed by atoms with Crippen molar-refractivity contribution in [3.63, 3.8) is 0 Å². The first kappa shape index (κ1) is 11.2. The molecule has 5 nitrogen and oxygen atoms in total. The molecule has 0 spiro atoms. The van der Waals surface area contributed by atoms with Gasteiger partial charge in [-0.25, -0.2) is 10.2 Å². The molecule has 0 aromatic carbocycles. The Kier molecular flexibility index (Phi) is 3.31. The van der Waals surface area contributed by atoms with Gasteiger partial charge in [0.15, 0.2) is 0 Å². The number of hydrazine groups is 1. The standard InChI is InChI=1S/C11H18N2O3/c1-2-16-11(15)13-12-10(14)9-6-7-3-4-8(9)5-7/h7-9H,2-6H2,1H3,(H,12,14)(H,13,15). The number of rotatable bonds is 2. The molecule has 2 amide bonds. The summed E-state index contributed by atoms with van der Waals surface area (Å²) >= 11 is 0. The minimum atomic E-state index is -0.598. The Balaban J connectivity index is 1.74. The number of fused-ring (bicyclic) bond motifs is 2. The van der Waals surface area contributed by atoms with Crippen molar-refractivity contribution in [3.8, 4) is 0 Å². The molecule has 0 saturated heterocycles. The molecule has 2 rings (SSSR count). The average Bonchev–Trinajstić information content (AvgIpc) is 2.88. The van der Waals surface area contributed by atoms with Crippen molar-refractivity contribution in [2.45, 2.75) is 32.6 Å². The summed E-state index contributed by atoms with van der Waals surface area (Å²) < 4.78 is 4.65. The Morgan fingerprint density at radius 3 is 2.62 bits per heavy atom. The van der Waals surface area contributed by atoms with Gasteiger partial charge >= 0.3 is 6.09 Å². The van der Waals surface area contributed by atoms with Gasteiger partial charge in [0, 0.05) is 5.92 Å². The van der Waals surface area contributed by atoms with Crippen molar-refractivity contribution < 1.29 is 14.3 Å². The summed E-state index contributed by atoms with van der Waals surface area (Å²) in [4.78, 5) is 22.7. The summed E-state index contributed by atoms with van der Waals surface area (Å²) in [6.07, 6.45) is 3.97. The Morgan fingerprint density at radius 2 is 2.06 bits per heavy atom. The van der Waals surface area contributed by atoms with E-state index in [1.54, 1.807) is 6.92 Å². The molecule has 2 fully saturated rings. The molecule has 5 heteroatoms. The molecule has 2 bridgehead atoms. The third-order valence-electron chi connectivity index (χ3n) is 3.64. The molecule has 2 aliphatic carbocycles. The molecule has 0 aromatic heterocycles. The molecule has 16 heavy (non-hydrogen) atoms. The van der Waals surface area contributed by atoms with Crippen molar-refractivity contribution in [2.75, 3.05) is 6.61 Å². The van der Waals surface area contributed by atoms with E-state index >= 15 is 0 Å². The number of ether oxygens (including phenoxy) is 1. The normalized spacial score (nSPS) is 31.2. The van der Waals surface area contributed by atoms with Gasteiger partial charge in [-0.15, -0.1) is 0 Å². The first-order chi connectivity index (χ1) is 7.70. The minimum absolute atomic E-state index is 0.0692. The van der Waals surface area contributed by atoms with E-state index in [9.17, 15) is 9.59 Å². The maximum absolute atomic E-state index is 11.8. The highest BCUT2D eigenvalue weighted by Gasteiger charge is 2.43. The highest BCUT2D eigenvalue weighted by atomic mass is 16.5. The first-order valence-corrected chi connectivity index (χ1v) is 5.93. The molecule has 3 atom stereocenters. The van der Waals surface area contributed by atoms with Crippen LogP contribution >= 0.6 is 0 Å². The van der Waals surface area contributed by atoms with Gasteiger partial charge in [0.1, 0.15) is 0 Å². The lowest BCUT2D eigenvalue weighted by molar-refractivity contribution is -0.127. The number of carbonyl (C=O) groups is 2. The molecule has 2 aliphatic rings. The van der Waals surface area contributed by atoms with Crippen LogP contribution in [0.1, 0.15) is 32.6 Å². The molecular formula is C11H18N2O3. The monoisotopic (exact) mass is 226 g/mol. The van der Waals surface area contributed by atoms with Crippen molar-refractivity contribution in [2.24, 2.45) is 17.8 Å². The molecule has 0 heterocycles. The Hall–Kier alpha value is -1.26. The predicted octanol–water partition coefficient (Wildman–Crippen LogP) is 1.20. The van der Waals surface area contributed by atoms with E-state index in [0.717, 1.165) is 18.8 Å². The molecule has 2 saturated carbocycles. The second-order valence-corrected chi connectivity index (χ2v) is 4.62. The van der Waals surface area contributed by atoms with Crippen LogP contribution in [0, 0.1) is 17.8 Å². The van der Waals surface area contributed by atoms with Crippen molar-refractivity contribution in [1.29, 1.82) is 0 Å². The zero-order valence-electron chi connectivity index (χ0n) is 9.49. The summed E-state index contributed by atoms with van der Waals surface area (Å²) in [6, 6.07) is 0. The number of amides is 2. The molecule has 2 N–H and O–H groups in total. The van der Waals surface area contributed by atoms with Crippen LogP contribution in [0.3, 0.4) is 0 Å². The summed E-state index contributed by atoms with van der Waals surface area (Å²) in [5.41, 5.74) is 4.69. The molecule has 0 aliphatic heterocycles. The maximum Gasteiger partial charge on any atom is 0.426 e. The molecule has 90 valence electrons. The fraction of sp³-hybridized carbons (Fsp3) is 0.818. The fourth-order valence-corrected chi connectivity index (χ4v) is 2.94. The zero-order chi connectivity index (χ0) is 11.5. The van der Waals surface area contributed by atoms with E-state index in [-0.39, 0.29) is 11.8 Å². The Morgan fingerprint density at radius 1 is 1.25 bits per heavy atom. The molecular weight excluding hydrogens is 208 g/mol. The summed E-state index contributed by atoms with van der Waals surface area (Å²) in [5, 5.41) is 0. The largest absolute Gasteiger partial charge is 0.449 e. The van der Waals surface area contributed by atoms with Crippen LogP contribution in [0.4, 0.5) is 4.79 Å². The molecule has 3 unspecified atom stereocenters. The lowest BCUT2D eigenvalue weighted by atomic mass is 9.88. The van der Waals surface area contributed by atoms with E-state index in [0.29, 0.717) is 12.5 Å². The summed E-state index contributed by atoms with van der Waals surface area (Å²) in [5.74, 6) is 1.26. The van der Waals surface area contributed by atoms with Crippen molar-refractivity contribution in [3.05, 3.63) is 0 Å². The predicted molar refractivity (Wildman–Crippen MR) is 57.2 cm³/mol. The van der Waals surface area contributed by atoms with Gasteiger partial charge in [-0.05, 0) is 38.0 Å². The van der Waals surface area contributed by atoms with Crippen LogP contribution in [0.5, 0.6) is 0 Å². The molecule has 0 radical (unpaired) electrons. The average molecular weight is 226 g/mol. The first-order valence-electron chi connectivity index (χ1n) is 5.93. The van der Waals surface area contributed by atoms with Gasteiger partial charge < -0.3 is 4.74 Å². The third kappa shape index (κ3) is 2.28. The van der Waals surface area contributed by atoms with Crippen LogP contribution in [0.25, 0.3) is 0 Å². The Bertz CT molecular complexity index is 293. The fourth-order valence-electron chi connectivity index (χ4n) is 2.94. The summed E-state index contributed by atoms with van der Waals surface area (Å²) in [7, 11) is 0. The van der Waals surface area contributed by atoms with Crippen LogP contribution in [-0.2, 0) is 9.53 Å². The smallest absolute Gasteiger partial charge is 0.426 e. The van der Waals surface area contributed by atoms with E-state index in [1.165, 1.54) is 12.8 Å². The number of hydrogen-bond acceptors (Lipinski definition) is 3. The lowest BCUT2D eigenvalue weighted by Gasteiger charge is -2.20. The Labute approximate surface area is 94.9 Å². The second kappa shape index (κ2) is 4.72. The van der Waals surface area contributed by atoms with Gasteiger partial charge in [0.25, 0.3) is 0 Å². The van der Waals surface area contributed by atoms with Gasteiger partial charge in [-0.1, -0.05) is 6.42 Å². The second-order valence-electron chi connectivity index (χ2n) is 4.62. The van der Waals surface area contributed by atoms with Gasteiger partial charge in [-0.3, -0.25) is 10.2 Å². The van der Waals surface area contributed by atoms with Gasteiger partial charge in [0.2, 0.25) is 5.91 Å². The van der Waals surface area contributed by atoms with Crippen LogP contribution in [-0.4, -0.2) is 18.6 Å². The van der Waals surface area contributed by atoms with Gasteiger partial charge in [-0.2, -0.15) is 0 Å². The highest BCUT2D eigenvalue weighted by molar-refractivity contribution is 5.81. The highest BCUT2D eigenvalue weighted by Crippen LogP contribution is 2.48. The number of carbonyl (C=O) groups excluding carboxylic acids is 2. The quantitative estimate of drug-likeness (QED) is 0.695. The summed E-state index contributed by atoms with van der Waals surface area (Å²) in [6.45, 7) is 2.02. The van der Waals surface area contributed by atoms with Crippen LogP contribution in [0.15, 0.2) is 0 Å². The lowest BCUT2D eigenvalue weighted by Crippen LogP contribution is -2.45. The third-order valence-corrected chi connectivity index (χ3v) is 3.64. The van der Waals surface area contributed by atoms with Crippen molar-refractivity contribution >= 4 is 12.0 Å². The van der Waals surface area contributed by atoms with E-state index in [2.05, 4.69) is 15.6 Å². The van der Waals surface area contributed by atoms with E-state index in [4.69, 9.17) is 0 Å². The topological polar surface area (TPSA) is 67.4 Å². The number of hydrogen-bond donors (Lipinski definition) is 2. The van der Waals surface area contributed by atoms with Gasteiger partial charge in [0.05, 0.1) is 6.61 Å². The van der Waals surface area contributed by atoms with Crippen LogP contribution < -0.4 is 10.9 Å². The van der Waals surface area contributed by atoms with Crippen LogP contribution in [0.2, 0.25) is 0 Å². The number of nitrogens with one attached hydrogen (secondary N) is 2. The zero-order valence-corrected chi connectivity index (χ0v) is 9.49. The van der Waals surface area contributed by atoms with E-state index in [1.807, 2.05) is 0 Å². The maximum atomic E-state index is 11.8. The van der Waals surface area contributed by atoms with E-state index < -0.39 is 6.09 Å². The molecule has 0 aromatic rings.